The van der Waals surface area contributed by atoms with E-state index >= 15 is 0 Å². The predicted molar refractivity (Wildman–Crippen MR) is 102 cm³/mol. The van der Waals surface area contributed by atoms with Gasteiger partial charge < -0.3 is 9.22 Å². The van der Waals surface area contributed by atoms with Crippen molar-refractivity contribution in [2.24, 2.45) is 11.8 Å². The lowest BCUT2D eigenvalue weighted by atomic mass is 9.83. The van der Waals surface area contributed by atoms with Crippen molar-refractivity contribution in [3.8, 4) is 0 Å². The van der Waals surface area contributed by atoms with E-state index in [1.165, 1.54) is 94.7 Å². The van der Waals surface area contributed by atoms with Gasteiger partial charge in [-0.15, -0.1) is 0 Å². The molecule has 0 amide bonds. The van der Waals surface area contributed by atoms with Crippen LogP contribution in [0.1, 0.15) is 91.4 Å². The third kappa shape index (κ3) is 3.18. The zero-order valence-electron chi connectivity index (χ0n) is 16.7. The van der Waals surface area contributed by atoms with Gasteiger partial charge in [-0.05, 0) is 39.0 Å². The van der Waals surface area contributed by atoms with Gasteiger partial charge in [0.05, 0.1) is 13.1 Å². The molecular formula is C22H42NO+. The molecule has 2 aliphatic heterocycles. The van der Waals surface area contributed by atoms with E-state index in [1.807, 2.05) is 0 Å². The summed E-state index contributed by atoms with van der Waals surface area (Å²) in [5, 5.41) is 0. The molecule has 1 aliphatic carbocycles. The van der Waals surface area contributed by atoms with E-state index in [0.717, 1.165) is 18.4 Å². The lowest BCUT2D eigenvalue weighted by Crippen LogP contribution is -2.58. The fourth-order valence-electron chi connectivity index (χ4n) is 6.63. The van der Waals surface area contributed by atoms with Crippen LogP contribution in [0.2, 0.25) is 0 Å². The average Bonchev–Trinajstić information content (AvgIpc) is 3.14. The van der Waals surface area contributed by atoms with Crippen LogP contribution in [0, 0.1) is 11.8 Å². The molecule has 0 spiro atoms. The maximum absolute atomic E-state index is 6.52. The van der Waals surface area contributed by atoms with Crippen molar-refractivity contribution in [2.45, 2.75) is 103 Å². The Kier molecular flexibility index (Phi) is 6.30. The monoisotopic (exact) mass is 336 g/mol. The molecular weight excluding hydrogens is 294 g/mol. The van der Waals surface area contributed by atoms with E-state index in [1.54, 1.807) is 0 Å². The molecule has 0 radical (unpaired) electrons. The Morgan fingerprint density at radius 2 is 1.67 bits per heavy atom. The summed E-state index contributed by atoms with van der Waals surface area (Å²) in [7, 11) is 0. The van der Waals surface area contributed by atoms with Gasteiger partial charge in [0.15, 0.2) is 0 Å². The number of ether oxygens (including phenoxy) is 1. The van der Waals surface area contributed by atoms with Gasteiger partial charge in [-0.2, -0.15) is 0 Å². The van der Waals surface area contributed by atoms with Crippen LogP contribution < -0.4 is 0 Å². The second kappa shape index (κ2) is 8.08. The molecule has 2 heterocycles. The summed E-state index contributed by atoms with van der Waals surface area (Å²) in [5.41, 5.74) is 0.556. The third-order valence-corrected chi connectivity index (χ3v) is 8.08. The van der Waals surface area contributed by atoms with Crippen LogP contribution >= 0.6 is 0 Å². The summed E-state index contributed by atoms with van der Waals surface area (Å²) in [5.74, 6) is 1.84. The van der Waals surface area contributed by atoms with Crippen LogP contribution in [0.5, 0.6) is 0 Å². The quantitative estimate of drug-likeness (QED) is 0.355. The topological polar surface area (TPSA) is 9.23 Å². The summed E-state index contributed by atoms with van der Waals surface area (Å²) < 4.78 is 7.94. The van der Waals surface area contributed by atoms with Crippen LogP contribution in [0.15, 0.2) is 0 Å². The maximum atomic E-state index is 6.52. The molecule has 3 rings (SSSR count). The molecule has 0 aromatic carbocycles. The SMILES string of the molecule is CCCCCCO[C@H]1C[N@+]2(CCCCCC)CC[C@@H]3CC[C@H]1[C@@]32C. The number of hydrogen-bond acceptors (Lipinski definition) is 1. The highest BCUT2D eigenvalue weighted by Gasteiger charge is 2.70. The zero-order chi connectivity index (χ0) is 17.0. The summed E-state index contributed by atoms with van der Waals surface area (Å²) >= 11 is 0. The van der Waals surface area contributed by atoms with E-state index in [4.69, 9.17) is 4.74 Å². The van der Waals surface area contributed by atoms with Gasteiger partial charge in [0.1, 0.15) is 18.2 Å². The van der Waals surface area contributed by atoms with Crippen molar-refractivity contribution in [3.05, 3.63) is 0 Å². The highest BCUT2D eigenvalue weighted by molar-refractivity contribution is 5.08. The molecule has 0 unspecified atom stereocenters. The van der Waals surface area contributed by atoms with Crippen LogP contribution in [-0.4, -0.2) is 42.4 Å². The van der Waals surface area contributed by atoms with E-state index in [-0.39, 0.29) is 0 Å². The molecule has 2 heteroatoms. The van der Waals surface area contributed by atoms with Crippen molar-refractivity contribution in [1.29, 1.82) is 0 Å². The molecule has 3 aliphatic rings. The number of quaternary nitrogens is 1. The normalized spacial score (nSPS) is 40.4. The molecule has 1 saturated carbocycles. The molecule has 0 aromatic heterocycles. The van der Waals surface area contributed by atoms with Gasteiger partial charge in [-0.3, -0.25) is 0 Å². The highest BCUT2D eigenvalue weighted by Crippen LogP contribution is 2.60. The highest BCUT2D eigenvalue weighted by atomic mass is 16.5. The lowest BCUT2D eigenvalue weighted by molar-refractivity contribution is -0.953. The van der Waals surface area contributed by atoms with Gasteiger partial charge in [0, 0.05) is 24.9 Å². The van der Waals surface area contributed by atoms with Crippen LogP contribution in [0.25, 0.3) is 0 Å². The molecule has 0 N–H and O–H groups in total. The lowest BCUT2D eigenvalue weighted by Gasteiger charge is -2.44. The Balaban J connectivity index is 1.59. The molecule has 3 fully saturated rings. The second-order valence-corrected chi connectivity index (χ2v) is 9.20. The van der Waals surface area contributed by atoms with E-state index in [0.29, 0.717) is 11.6 Å². The maximum Gasteiger partial charge on any atom is 0.115 e. The third-order valence-electron chi connectivity index (χ3n) is 8.08. The van der Waals surface area contributed by atoms with Crippen LogP contribution in [0.4, 0.5) is 0 Å². The first-order chi connectivity index (χ1) is 11.7. The van der Waals surface area contributed by atoms with Crippen molar-refractivity contribution < 1.29 is 9.22 Å². The van der Waals surface area contributed by atoms with Gasteiger partial charge in [0.25, 0.3) is 0 Å². The van der Waals surface area contributed by atoms with E-state index in [9.17, 15) is 0 Å². The minimum absolute atomic E-state index is 0.556. The number of nitrogens with zero attached hydrogens (tertiary/aromatic N) is 1. The summed E-state index contributed by atoms with van der Waals surface area (Å²) in [6.45, 7) is 12.5. The smallest absolute Gasteiger partial charge is 0.115 e. The first-order valence-electron chi connectivity index (χ1n) is 11.2. The number of rotatable bonds is 11. The molecule has 2 nitrogen and oxygen atoms in total. The Morgan fingerprint density at radius 1 is 0.917 bits per heavy atom. The second-order valence-electron chi connectivity index (χ2n) is 9.20. The van der Waals surface area contributed by atoms with Crippen LogP contribution in [0.3, 0.4) is 0 Å². The van der Waals surface area contributed by atoms with Crippen molar-refractivity contribution in [1.82, 2.24) is 0 Å². The molecule has 5 atom stereocenters. The fraction of sp³-hybridized carbons (Fsp3) is 1.00. The van der Waals surface area contributed by atoms with Crippen molar-refractivity contribution >= 4 is 0 Å². The minimum Gasteiger partial charge on any atom is -0.372 e. The van der Waals surface area contributed by atoms with E-state index < -0.39 is 0 Å². The first kappa shape index (κ1) is 18.7. The Bertz CT molecular complexity index is 397. The van der Waals surface area contributed by atoms with E-state index in [2.05, 4.69) is 20.8 Å². The Hall–Kier alpha value is -0.0800. The van der Waals surface area contributed by atoms with Gasteiger partial charge in [-0.25, -0.2) is 0 Å². The molecule has 0 aromatic rings. The van der Waals surface area contributed by atoms with Crippen LogP contribution in [-0.2, 0) is 4.74 Å². The Labute approximate surface area is 150 Å². The molecule has 0 bridgehead atoms. The van der Waals surface area contributed by atoms with Gasteiger partial charge in [-0.1, -0.05) is 46.0 Å². The predicted octanol–water partition coefficient (Wildman–Crippen LogP) is 5.55. The molecule has 140 valence electrons. The summed E-state index contributed by atoms with van der Waals surface area (Å²) in [6.07, 6.45) is 15.9. The molecule has 24 heavy (non-hydrogen) atoms. The summed E-state index contributed by atoms with van der Waals surface area (Å²) in [4.78, 5) is 0. The van der Waals surface area contributed by atoms with Gasteiger partial charge in [0.2, 0.25) is 0 Å². The minimum atomic E-state index is 0.556. The largest absolute Gasteiger partial charge is 0.372 e. The van der Waals surface area contributed by atoms with Gasteiger partial charge >= 0.3 is 0 Å². The number of unbranched alkanes of at least 4 members (excludes halogenated alkanes) is 6. The Morgan fingerprint density at radius 3 is 2.42 bits per heavy atom. The average molecular weight is 337 g/mol. The molecule has 2 saturated heterocycles. The standard InChI is InChI=1S/C22H42NO/c1-4-6-8-10-15-23-16-14-19-12-13-20(22(19,23)3)21(18-23)24-17-11-9-7-5-2/h19-21H,4-18H2,1-3H3/q+1/t19-,20+,21-,22+,23-/m0/s1. The fourth-order valence-corrected chi connectivity index (χ4v) is 6.63. The zero-order valence-corrected chi connectivity index (χ0v) is 16.7. The number of hydrogen-bond donors (Lipinski definition) is 0. The first-order valence-corrected chi connectivity index (χ1v) is 11.2. The van der Waals surface area contributed by atoms with Crippen molar-refractivity contribution in [3.63, 3.8) is 0 Å². The van der Waals surface area contributed by atoms with Crippen molar-refractivity contribution in [2.75, 3.05) is 26.2 Å². The summed E-state index contributed by atoms with van der Waals surface area (Å²) in [6, 6.07) is 0.